The summed E-state index contributed by atoms with van der Waals surface area (Å²) >= 11 is 0. The molecular formula is C18H30N4O3S. The molecule has 0 atom stereocenters. The second-order valence-electron chi connectivity index (χ2n) is 7.00. The number of hydrogen-bond acceptors (Lipinski definition) is 4. The van der Waals surface area contributed by atoms with Crippen LogP contribution in [0.1, 0.15) is 32.3 Å². The van der Waals surface area contributed by atoms with Gasteiger partial charge in [-0.15, -0.1) is 0 Å². The third-order valence-corrected chi connectivity index (χ3v) is 6.46. The Morgan fingerprint density at radius 3 is 2.35 bits per heavy atom. The lowest BCUT2D eigenvalue weighted by atomic mass is 10.1. The SMILES string of the molecule is CN=C(NCc1ccc(S(=O)(=O)N2CCCC2)cc1)NCC(C)(C)OC. The number of guanidine groups is 1. The van der Waals surface area contributed by atoms with Crippen molar-refractivity contribution in [2.45, 2.75) is 43.7 Å². The van der Waals surface area contributed by atoms with E-state index in [0.717, 1.165) is 18.4 Å². The number of aliphatic imine (C=N–C) groups is 1. The number of methoxy groups -OCH3 is 1. The second kappa shape index (κ2) is 8.83. The second-order valence-corrected chi connectivity index (χ2v) is 8.94. The van der Waals surface area contributed by atoms with Crippen LogP contribution in [0.25, 0.3) is 0 Å². The van der Waals surface area contributed by atoms with Crippen LogP contribution in [0.5, 0.6) is 0 Å². The van der Waals surface area contributed by atoms with Gasteiger partial charge in [0.2, 0.25) is 10.0 Å². The first-order valence-electron chi connectivity index (χ1n) is 8.87. The summed E-state index contributed by atoms with van der Waals surface area (Å²) in [5.74, 6) is 0.670. The van der Waals surface area contributed by atoms with Crippen LogP contribution in [0.3, 0.4) is 0 Å². The smallest absolute Gasteiger partial charge is 0.243 e. The Labute approximate surface area is 156 Å². The lowest BCUT2D eigenvalue weighted by Gasteiger charge is -2.24. The van der Waals surface area contributed by atoms with Gasteiger partial charge in [-0.3, -0.25) is 4.99 Å². The quantitative estimate of drug-likeness (QED) is 0.552. The number of sulfonamides is 1. The van der Waals surface area contributed by atoms with Crippen LogP contribution in [0, 0.1) is 0 Å². The van der Waals surface area contributed by atoms with Crippen molar-refractivity contribution >= 4 is 16.0 Å². The fourth-order valence-electron chi connectivity index (χ4n) is 2.63. The lowest BCUT2D eigenvalue weighted by molar-refractivity contribution is 0.0268. The molecule has 0 radical (unpaired) electrons. The van der Waals surface area contributed by atoms with E-state index in [0.29, 0.717) is 37.0 Å². The summed E-state index contributed by atoms with van der Waals surface area (Å²) in [6.07, 6.45) is 1.88. The molecule has 1 aliphatic rings. The van der Waals surface area contributed by atoms with E-state index in [2.05, 4.69) is 15.6 Å². The van der Waals surface area contributed by atoms with Gasteiger partial charge in [-0.1, -0.05) is 12.1 Å². The molecule has 0 bridgehead atoms. The van der Waals surface area contributed by atoms with E-state index in [4.69, 9.17) is 4.74 Å². The average molecular weight is 383 g/mol. The number of ether oxygens (including phenoxy) is 1. The minimum Gasteiger partial charge on any atom is -0.377 e. The maximum absolute atomic E-state index is 12.5. The molecule has 0 aliphatic carbocycles. The first kappa shape index (κ1) is 20.7. The highest BCUT2D eigenvalue weighted by atomic mass is 32.2. The van der Waals surface area contributed by atoms with Crippen molar-refractivity contribution in [3.63, 3.8) is 0 Å². The number of rotatable bonds is 7. The van der Waals surface area contributed by atoms with E-state index < -0.39 is 10.0 Å². The van der Waals surface area contributed by atoms with Crippen LogP contribution in [0.2, 0.25) is 0 Å². The number of hydrogen-bond donors (Lipinski definition) is 2. The minimum atomic E-state index is -3.36. The van der Waals surface area contributed by atoms with Crippen molar-refractivity contribution in [2.24, 2.45) is 4.99 Å². The molecule has 0 spiro atoms. The molecule has 1 fully saturated rings. The van der Waals surface area contributed by atoms with Crippen LogP contribution >= 0.6 is 0 Å². The summed E-state index contributed by atoms with van der Waals surface area (Å²) in [6, 6.07) is 7.02. The number of nitrogens with one attached hydrogen (secondary N) is 2. The zero-order valence-corrected chi connectivity index (χ0v) is 16.9. The van der Waals surface area contributed by atoms with E-state index in [1.807, 2.05) is 26.0 Å². The van der Waals surface area contributed by atoms with Gasteiger partial charge in [-0.05, 0) is 44.4 Å². The zero-order chi connectivity index (χ0) is 19.2. The van der Waals surface area contributed by atoms with Gasteiger partial charge in [0, 0.05) is 40.3 Å². The molecule has 8 heteroatoms. The highest BCUT2D eigenvalue weighted by Crippen LogP contribution is 2.21. The molecule has 1 saturated heterocycles. The third kappa shape index (κ3) is 5.43. The summed E-state index contributed by atoms with van der Waals surface area (Å²) in [4.78, 5) is 4.54. The number of benzene rings is 1. The Kier molecular flexibility index (Phi) is 7.02. The van der Waals surface area contributed by atoms with Crippen LogP contribution in [-0.2, 0) is 21.3 Å². The van der Waals surface area contributed by atoms with Crippen molar-refractivity contribution in [3.05, 3.63) is 29.8 Å². The van der Waals surface area contributed by atoms with E-state index in [1.54, 1.807) is 30.6 Å². The first-order chi connectivity index (χ1) is 12.3. The zero-order valence-electron chi connectivity index (χ0n) is 16.1. The molecule has 26 heavy (non-hydrogen) atoms. The maximum atomic E-state index is 12.5. The highest BCUT2D eigenvalue weighted by molar-refractivity contribution is 7.89. The fourth-order valence-corrected chi connectivity index (χ4v) is 4.15. The Hall–Kier alpha value is -1.64. The van der Waals surface area contributed by atoms with Gasteiger partial charge in [0.05, 0.1) is 10.5 Å². The van der Waals surface area contributed by atoms with Crippen LogP contribution in [0.15, 0.2) is 34.2 Å². The van der Waals surface area contributed by atoms with Crippen LogP contribution in [-0.4, -0.2) is 58.1 Å². The predicted molar refractivity (Wildman–Crippen MR) is 104 cm³/mol. The highest BCUT2D eigenvalue weighted by Gasteiger charge is 2.26. The fraction of sp³-hybridized carbons (Fsp3) is 0.611. The molecule has 1 aromatic carbocycles. The van der Waals surface area contributed by atoms with Crippen molar-refractivity contribution in [3.8, 4) is 0 Å². The molecule has 0 aromatic heterocycles. The van der Waals surface area contributed by atoms with Crippen molar-refractivity contribution < 1.29 is 13.2 Å². The first-order valence-corrected chi connectivity index (χ1v) is 10.3. The maximum Gasteiger partial charge on any atom is 0.243 e. The van der Waals surface area contributed by atoms with E-state index in [-0.39, 0.29) is 5.60 Å². The van der Waals surface area contributed by atoms with Crippen molar-refractivity contribution in [2.75, 3.05) is 33.8 Å². The number of nitrogens with zero attached hydrogens (tertiary/aromatic N) is 2. The van der Waals surface area contributed by atoms with Gasteiger partial charge in [0.15, 0.2) is 5.96 Å². The topological polar surface area (TPSA) is 83.0 Å². The summed E-state index contributed by atoms with van der Waals surface area (Å²) < 4.78 is 32.0. The van der Waals surface area contributed by atoms with Crippen molar-refractivity contribution in [1.29, 1.82) is 0 Å². The molecule has 1 aliphatic heterocycles. The van der Waals surface area contributed by atoms with E-state index in [9.17, 15) is 8.42 Å². The minimum absolute atomic E-state index is 0.288. The molecule has 2 N–H and O–H groups in total. The van der Waals surface area contributed by atoms with Crippen LogP contribution in [0.4, 0.5) is 0 Å². The lowest BCUT2D eigenvalue weighted by Crippen LogP contribution is -2.45. The molecule has 1 aromatic rings. The van der Waals surface area contributed by atoms with Gasteiger partial charge in [-0.2, -0.15) is 4.31 Å². The Bertz CT molecular complexity index is 708. The van der Waals surface area contributed by atoms with E-state index in [1.165, 1.54) is 0 Å². The summed E-state index contributed by atoms with van der Waals surface area (Å²) in [7, 11) is 0.0290. The molecule has 0 saturated carbocycles. The normalized spacial score (nSPS) is 16.7. The van der Waals surface area contributed by atoms with E-state index >= 15 is 0 Å². The standard InChI is InChI=1S/C18H30N4O3S/c1-18(2,25-4)14-21-17(19-3)20-13-15-7-9-16(10-8-15)26(23,24)22-11-5-6-12-22/h7-10H,5-6,11-14H2,1-4H3,(H2,19,20,21). The summed E-state index contributed by atoms with van der Waals surface area (Å²) in [5.41, 5.74) is 0.697. The summed E-state index contributed by atoms with van der Waals surface area (Å²) in [6.45, 7) is 6.39. The van der Waals surface area contributed by atoms with Gasteiger partial charge < -0.3 is 15.4 Å². The third-order valence-electron chi connectivity index (χ3n) is 4.54. The Morgan fingerprint density at radius 1 is 1.19 bits per heavy atom. The molecule has 2 rings (SSSR count). The largest absolute Gasteiger partial charge is 0.377 e. The van der Waals surface area contributed by atoms with Crippen molar-refractivity contribution in [1.82, 2.24) is 14.9 Å². The predicted octanol–water partition coefficient (Wildman–Crippen LogP) is 1.56. The molecule has 0 unspecified atom stereocenters. The van der Waals surface area contributed by atoms with Gasteiger partial charge in [0.1, 0.15) is 0 Å². The van der Waals surface area contributed by atoms with Gasteiger partial charge in [-0.25, -0.2) is 8.42 Å². The van der Waals surface area contributed by atoms with Gasteiger partial charge in [0.25, 0.3) is 0 Å². The molecular weight excluding hydrogens is 352 g/mol. The Morgan fingerprint density at radius 2 is 1.81 bits per heavy atom. The molecule has 7 nitrogen and oxygen atoms in total. The Balaban J connectivity index is 1.92. The van der Waals surface area contributed by atoms with Gasteiger partial charge >= 0.3 is 0 Å². The molecule has 0 amide bonds. The van der Waals surface area contributed by atoms with Crippen LogP contribution < -0.4 is 10.6 Å². The monoisotopic (exact) mass is 382 g/mol. The average Bonchev–Trinajstić information content (AvgIpc) is 3.18. The molecule has 146 valence electrons. The summed E-state index contributed by atoms with van der Waals surface area (Å²) in [5, 5.41) is 6.43. The molecule has 1 heterocycles.